The van der Waals surface area contributed by atoms with Crippen LogP contribution < -0.4 is 10.2 Å². The molecular formula is C16H24N6. The summed E-state index contributed by atoms with van der Waals surface area (Å²) in [6, 6.07) is 0.540. The standard InChI is InChI=1S/C16H24N6/c1-21-15-13(11-17-21)14(18-12-7-3-2-4-8-12)19-16(20-15)22-9-5-6-10-22/h11-12H,2-10H2,1H3,(H,18,19,20). The average Bonchev–Trinajstić information content (AvgIpc) is 3.19. The molecule has 2 aromatic rings. The van der Waals surface area contributed by atoms with Gasteiger partial charge in [0.2, 0.25) is 5.95 Å². The van der Waals surface area contributed by atoms with Gasteiger partial charge in [-0.25, -0.2) is 0 Å². The van der Waals surface area contributed by atoms with E-state index in [9.17, 15) is 0 Å². The smallest absolute Gasteiger partial charge is 0.229 e. The second kappa shape index (κ2) is 5.74. The molecule has 0 radical (unpaired) electrons. The first-order chi connectivity index (χ1) is 10.8. The zero-order chi connectivity index (χ0) is 14.9. The summed E-state index contributed by atoms with van der Waals surface area (Å²) in [5.41, 5.74) is 0.926. The van der Waals surface area contributed by atoms with Gasteiger partial charge in [0.15, 0.2) is 5.65 Å². The minimum absolute atomic E-state index is 0.540. The number of nitrogens with zero attached hydrogens (tertiary/aromatic N) is 5. The number of fused-ring (bicyclic) bond motifs is 1. The summed E-state index contributed by atoms with van der Waals surface area (Å²) in [6.45, 7) is 2.12. The fourth-order valence-electron chi connectivity index (χ4n) is 3.62. The molecule has 1 aliphatic heterocycles. The minimum atomic E-state index is 0.540. The summed E-state index contributed by atoms with van der Waals surface area (Å²) in [5, 5.41) is 9.08. The van der Waals surface area contributed by atoms with E-state index in [1.807, 2.05) is 17.9 Å². The number of anilines is 2. The van der Waals surface area contributed by atoms with Crippen molar-refractivity contribution in [1.82, 2.24) is 19.7 Å². The highest BCUT2D eigenvalue weighted by Crippen LogP contribution is 2.28. The molecule has 2 aliphatic rings. The number of hydrogen-bond donors (Lipinski definition) is 1. The van der Waals surface area contributed by atoms with Crippen molar-refractivity contribution in [2.75, 3.05) is 23.3 Å². The van der Waals surface area contributed by atoms with Crippen LogP contribution in [0.15, 0.2) is 6.20 Å². The van der Waals surface area contributed by atoms with E-state index in [2.05, 4.69) is 15.3 Å². The minimum Gasteiger partial charge on any atom is -0.367 e. The van der Waals surface area contributed by atoms with Crippen molar-refractivity contribution in [3.63, 3.8) is 0 Å². The molecule has 118 valence electrons. The molecular weight excluding hydrogens is 276 g/mol. The molecule has 2 aromatic heterocycles. The van der Waals surface area contributed by atoms with Crippen LogP contribution in [0.4, 0.5) is 11.8 Å². The van der Waals surface area contributed by atoms with Gasteiger partial charge in [0.1, 0.15) is 5.82 Å². The third kappa shape index (κ3) is 2.51. The van der Waals surface area contributed by atoms with Crippen molar-refractivity contribution in [2.45, 2.75) is 51.0 Å². The molecule has 2 fully saturated rings. The Morgan fingerprint density at radius 2 is 1.82 bits per heavy atom. The van der Waals surface area contributed by atoms with Gasteiger partial charge in [0, 0.05) is 26.2 Å². The molecule has 6 heteroatoms. The Morgan fingerprint density at radius 1 is 1.05 bits per heavy atom. The third-order valence-electron chi connectivity index (χ3n) is 4.92. The van der Waals surface area contributed by atoms with Crippen LogP contribution in [0.3, 0.4) is 0 Å². The number of rotatable bonds is 3. The average molecular weight is 300 g/mol. The highest BCUT2D eigenvalue weighted by atomic mass is 15.3. The molecule has 1 N–H and O–H groups in total. The normalized spacial score (nSPS) is 20.0. The molecule has 0 atom stereocenters. The van der Waals surface area contributed by atoms with Crippen LogP contribution in [0.1, 0.15) is 44.9 Å². The first-order valence-corrected chi connectivity index (χ1v) is 8.52. The number of aryl methyl sites for hydroxylation is 1. The molecule has 0 unspecified atom stereocenters. The van der Waals surface area contributed by atoms with E-state index >= 15 is 0 Å². The number of hydrogen-bond acceptors (Lipinski definition) is 5. The van der Waals surface area contributed by atoms with Gasteiger partial charge < -0.3 is 10.2 Å². The summed E-state index contributed by atoms with van der Waals surface area (Å²) in [6.07, 6.45) is 10.8. The molecule has 0 bridgehead atoms. The fourth-order valence-corrected chi connectivity index (χ4v) is 3.62. The molecule has 22 heavy (non-hydrogen) atoms. The van der Waals surface area contributed by atoms with Gasteiger partial charge in [-0.2, -0.15) is 15.1 Å². The lowest BCUT2D eigenvalue weighted by molar-refractivity contribution is 0.462. The molecule has 3 heterocycles. The van der Waals surface area contributed by atoms with E-state index in [4.69, 9.17) is 9.97 Å². The molecule has 0 amide bonds. The Balaban J connectivity index is 1.70. The lowest BCUT2D eigenvalue weighted by Crippen LogP contribution is -2.25. The van der Waals surface area contributed by atoms with Gasteiger partial charge in [0.05, 0.1) is 11.6 Å². The Labute approximate surface area is 130 Å². The molecule has 4 rings (SSSR count). The van der Waals surface area contributed by atoms with E-state index in [1.165, 1.54) is 44.9 Å². The van der Waals surface area contributed by atoms with Crippen LogP contribution in [0.5, 0.6) is 0 Å². The zero-order valence-electron chi connectivity index (χ0n) is 13.3. The van der Waals surface area contributed by atoms with Crippen LogP contribution in [0.25, 0.3) is 11.0 Å². The van der Waals surface area contributed by atoms with Crippen molar-refractivity contribution in [3.05, 3.63) is 6.20 Å². The van der Waals surface area contributed by atoms with Crippen LogP contribution in [-0.2, 0) is 7.05 Å². The van der Waals surface area contributed by atoms with Crippen molar-refractivity contribution in [1.29, 1.82) is 0 Å². The van der Waals surface area contributed by atoms with Gasteiger partial charge in [-0.15, -0.1) is 0 Å². The van der Waals surface area contributed by atoms with Gasteiger partial charge >= 0.3 is 0 Å². The largest absolute Gasteiger partial charge is 0.367 e. The van der Waals surface area contributed by atoms with Crippen molar-refractivity contribution in [2.24, 2.45) is 7.05 Å². The first kappa shape index (κ1) is 13.8. The molecule has 6 nitrogen and oxygen atoms in total. The Hall–Kier alpha value is -1.85. The van der Waals surface area contributed by atoms with Crippen molar-refractivity contribution in [3.8, 4) is 0 Å². The van der Waals surface area contributed by atoms with Gasteiger partial charge in [0.25, 0.3) is 0 Å². The van der Waals surface area contributed by atoms with E-state index in [0.29, 0.717) is 6.04 Å². The Morgan fingerprint density at radius 3 is 2.59 bits per heavy atom. The lowest BCUT2D eigenvalue weighted by atomic mass is 9.95. The third-order valence-corrected chi connectivity index (χ3v) is 4.92. The van der Waals surface area contributed by atoms with Crippen LogP contribution >= 0.6 is 0 Å². The van der Waals surface area contributed by atoms with Gasteiger partial charge in [-0.1, -0.05) is 19.3 Å². The predicted molar refractivity (Wildman–Crippen MR) is 88.2 cm³/mol. The highest BCUT2D eigenvalue weighted by molar-refractivity contribution is 5.87. The maximum atomic E-state index is 4.84. The van der Waals surface area contributed by atoms with Gasteiger partial charge in [-0.05, 0) is 25.7 Å². The second-order valence-corrected chi connectivity index (χ2v) is 6.55. The number of nitrogens with one attached hydrogen (secondary N) is 1. The molecule has 0 aromatic carbocycles. The SMILES string of the molecule is Cn1ncc2c(NC3CCCCC3)nc(N3CCCC3)nc21. The molecule has 1 saturated carbocycles. The van der Waals surface area contributed by atoms with E-state index in [-0.39, 0.29) is 0 Å². The van der Waals surface area contributed by atoms with Crippen LogP contribution in [0.2, 0.25) is 0 Å². The second-order valence-electron chi connectivity index (χ2n) is 6.55. The monoisotopic (exact) mass is 300 g/mol. The Bertz CT molecular complexity index is 652. The zero-order valence-corrected chi connectivity index (χ0v) is 13.3. The summed E-state index contributed by atoms with van der Waals surface area (Å²) in [5.74, 6) is 1.82. The van der Waals surface area contributed by atoms with E-state index in [0.717, 1.165) is 35.9 Å². The molecule has 0 spiro atoms. The molecule has 1 saturated heterocycles. The summed E-state index contributed by atoms with van der Waals surface area (Å²) < 4.78 is 1.85. The lowest BCUT2D eigenvalue weighted by Gasteiger charge is -2.24. The topological polar surface area (TPSA) is 58.9 Å². The number of aromatic nitrogens is 4. The van der Waals surface area contributed by atoms with Crippen LogP contribution in [-0.4, -0.2) is 38.9 Å². The predicted octanol–water partition coefficient (Wildman–Crippen LogP) is 2.71. The maximum Gasteiger partial charge on any atom is 0.229 e. The quantitative estimate of drug-likeness (QED) is 0.944. The van der Waals surface area contributed by atoms with Crippen molar-refractivity contribution < 1.29 is 0 Å². The van der Waals surface area contributed by atoms with Gasteiger partial charge in [-0.3, -0.25) is 4.68 Å². The van der Waals surface area contributed by atoms with Crippen molar-refractivity contribution >= 4 is 22.8 Å². The van der Waals surface area contributed by atoms with E-state index in [1.54, 1.807) is 0 Å². The highest BCUT2D eigenvalue weighted by Gasteiger charge is 2.21. The van der Waals surface area contributed by atoms with Crippen LogP contribution in [0, 0.1) is 0 Å². The Kier molecular flexibility index (Phi) is 3.60. The maximum absolute atomic E-state index is 4.84. The van der Waals surface area contributed by atoms with E-state index < -0.39 is 0 Å². The summed E-state index contributed by atoms with van der Waals surface area (Å²) >= 11 is 0. The molecule has 1 aliphatic carbocycles. The first-order valence-electron chi connectivity index (χ1n) is 8.52. The summed E-state index contributed by atoms with van der Waals surface area (Å²) in [7, 11) is 1.95. The fraction of sp³-hybridized carbons (Fsp3) is 0.688. The summed E-state index contributed by atoms with van der Waals surface area (Å²) in [4.78, 5) is 11.9.